The van der Waals surface area contributed by atoms with Gasteiger partial charge in [0.15, 0.2) is 5.16 Å². The fourth-order valence-electron chi connectivity index (χ4n) is 2.49. The van der Waals surface area contributed by atoms with Crippen molar-refractivity contribution in [2.75, 3.05) is 18.9 Å². The molecule has 6 heteroatoms. The molecule has 0 aromatic carbocycles. The van der Waals surface area contributed by atoms with Crippen LogP contribution < -0.4 is 5.32 Å². The molecular weight excluding hydrogens is 284 g/mol. The van der Waals surface area contributed by atoms with Crippen LogP contribution in [0.25, 0.3) is 0 Å². The highest BCUT2D eigenvalue weighted by molar-refractivity contribution is 7.99. The molecule has 118 valence electrons. The molecule has 5 nitrogen and oxygen atoms in total. The van der Waals surface area contributed by atoms with Gasteiger partial charge in [-0.1, -0.05) is 18.7 Å². The van der Waals surface area contributed by atoms with Gasteiger partial charge in [0.25, 0.3) is 0 Å². The second-order valence-corrected chi connectivity index (χ2v) is 7.59. The van der Waals surface area contributed by atoms with E-state index in [-0.39, 0.29) is 12.1 Å². The van der Waals surface area contributed by atoms with E-state index in [0.717, 1.165) is 23.9 Å². The van der Waals surface area contributed by atoms with Gasteiger partial charge in [-0.15, -0.1) is 10.2 Å². The van der Waals surface area contributed by atoms with Gasteiger partial charge in [-0.2, -0.15) is 0 Å². The average molecular weight is 310 g/mol. The molecule has 2 N–H and O–H groups in total. The lowest BCUT2D eigenvalue weighted by Crippen LogP contribution is -2.48. The molecule has 1 heterocycles. The Bertz CT molecular complexity index is 484. The fraction of sp³-hybridized carbons (Fsp3) is 0.867. The van der Waals surface area contributed by atoms with Gasteiger partial charge in [-0.25, -0.2) is 0 Å². The number of aliphatic hydroxyl groups excluding tert-OH is 1. The van der Waals surface area contributed by atoms with Crippen LogP contribution in [0.2, 0.25) is 0 Å². The highest BCUT2D eigenvalue weighted by atomic mass is 32.2. The Morgan fingerprint density at radius 3 is 2.67 bits per heavy atom. The van der Waals surface area contributed by atoms with Crippen molar-refractivity contribution in [1.29, 1.82) is 0 Å². The molecule has 0 spiro atoms. The van der Waals surface area contributed by atoms with Crippen LogP contribution in [-0.4, -0.2) is 44.3 Å². The van der Waals surface area contributed by atoms with Crippen LogP contribution in [0.15, 0.2) is 5.16 Å². The van der Waals surface area contributed by atoms with E-state index < -0.39 is 0 Å². The second kappa shape index (κ2) is 6.26. The molecule has 0 radical (unpaired) electrons. The summed E-state index contributed by atoms with van der Waals surface area (Å²) in [6.45, 7) is 5.30. The van der Waals surface area contributed by atoms with Crippen LogP contribution in [0.5, 0.6) is 0 Å². The molecule has 2 saturated carbocycles. The maximum atomic E-state index is 9.67. The summed E-state index contributed by atoms with van der Waals surface area (Å²) in [5.41, 5.74) is -0.249. The largest absolute Gasteiger partial charge is 0.394 e. The molecule has 1 atom stereocenters. The van der Waals surface area contributed by atoms with Crippen molar-refractivity contribution in [2.24, 2.45) is 0 Å². The van der Waals surface area contributed by atoms with Crippen LogP contribution in [0.4, 0.5) is 0 Å². The lowest BCUT2D eigenvalue weighted by molar-refractivity contribution is 0.192. The van der Waals surface area contributed by atoms with Gasteiger partial charge < -0.3 is 15.0 Å². The Morgan fingerprint density at radius 1 is 1.33 bits per heavy atom. The minimum atomic E-state index is -0.249. The Balaban J connectivity index is 1.67. The summed E-state index contributed by atoms with van der Waals surface area (Å²) in [6.07, 6.45) is 6.13. The van der Waals surface area contributed by atoms with E-state index in [1.807, 2.05) is 0 Å². The average Bonchev–Trinajstić information content (AvgIpc) is 3.41. The summed E-state index contributed by atoms with van der Waals surface area (Å²) in [5.74, 6) is 2.67. The molecular formula is C15H26N4OS. The highest BCUT2D eigenvalue weighted by Gasteiger charge is 2.36. The van der Waals surface area contributed by atoms with Crippen LogP contribution in [0.3, 0.4) is 0 Å². The van der Waals surface area contributed by atoms with E-state index in [4.69, 9.17) is 0 Å². The number of hydrogen-bond acceptors (Lipinski definition) is 5. The molecule has 2 aliphatic carbocycles. The molecule has 0 bridgehead atoms. The zero-order valence-corrected chi connectivity index (χ0v) is 13.8. The number of rotatable bonds is 9. The third-order valence-electron chi connectivity index (χ3n) is 4.22. The zero-order valence-electron chi connectivity index (χ0n) is 13.0. The summed E-state index contributed by atoms with van der Waals surface area (Å²) in [4.78, 5) is 0. The van der Waals surface area contributed by atoms with E-state index in [9.17, 15) is 5.11 Å². The minimum absolute atomic E-state index is 0.146. The van der Waals surface area contributed by atoms with Crippen LogP contribution in [-0.2, 0) is 0 Å². The van der Waals surface area contributed by atoms with E-state index in [1.54, 1.807) is 11.8 Å². The van der Waals surface area contributed by atoms with Crippen LogP contribution in [0, 0.1) is 0 Å². The third-order valence-corrected chi connectivity index (χ3v) is 5.53. The molecule has 0 aliphatic heterocycles. The maximum Gasteiger partial charge on any atom is 0.191 e. The van der Waals surface area contributed by atoms with Crippen LogP contribution >= 0.6 is 11.8 Å². The maximum absolute atomic E-state index is 9.67. The lowest BCUT2D eigenvalue weighted by Gasteiger charge is -2.28. The lowest BCUT2D eigenvalue weighted by atomic mass is 10.1. The van der Waals surface area contributed by atoms with Gasteiger partial charge in [0, 0.05) is 23.3 Å². The normalized spacial score (nSPS) is 21.5. The van der Waals surface area contributed by atoms with Crippen molar-refractivity contribution in [1.82, 2.24) is 20.1 Å². The first-order chi connectivity index (χ1) is 10.2. The molecule has 0 amide bonds. The van der Waals surface area contributed by atoms with E-state index >= 15 is 0 Å². The van der Waals surface area contributed by atoms with Gasteiger partial charge in [-0.05, 0) is 45.6 Å². The number of aliphatic hydroxyl groups is 1. The van der Waals surface area contributed by atoms with Crippen molar-refractivity contribution < 1.29 is 5.11 Å². The SMILES string of the molecule is CCCNC(C)(CO)CSc1nnc(C2CC2)n1C1CC1. The van der Waals surface area contributed by atoms with Crippen molar-refractivity contribution in [2.45, 2.75) is 68.6 Å². The molecule has 0 saturated heterocycles. The van der Waals surface area contributed by atoms with E-state index in [2.05, 4.69) is 33.9 Å². The van der Waals surface area contributed by atoms with Crippen molar-refractivity contribution in [3.8, 4) is 0 Å². The molecule has 1 aromatic heterocycles. The van der Waals surface area contributed by atoms with Gasteiger partial charge in [0.2, 0.25) is 0 Å². The topological polar surface area (TPSA) is 63.0 Å². The fourth-order valence-corrected chi connectivity index (χ4v) is 3.61. The quantitative estimate of drug-likeness (QED) is 0.686. The number of thioether (sulfide) groups is 1. The zero-order chi connectivity index (χ0) is 14.9. The standard InChI is InChI=1S/C15H26N4OS/c1-3-8-16-15(2,9-20)10-21-14-18-17-13(11-4-5-11)19(14)12-6-7-12/h11-12,16,20H,3-10H2,1-2H3. The number of aromatic nitrogens is 3. The summed E-state index contributed by atoms with van der Waals surface area (Å²) in [5, 5.41) is 23.0. The van der Waals surface area contributed by atoms with Gasteiger partial charge >= 0.3 is 0 Å². The van der Waals surface area contributed by atoms with Crippen molar-refractivity contribution >= 4 is 11.8 Å². The summed E-state index contributed by atoms with van der Waals surface area (Å²) in [6, 6.07) is 0.627. The minimum Gasteiger partial charge on any atom is -0.394 e. The van der Waals surface area contributed by atoms with E-state index in [1.165, 1.54) is 31.5 Å². The highest BCUT2D eigenvalue weighted by Crippen LogP contribution is 2.46. The van der Waals surface area contributed by atoms with Gasteiger partial charge in [0.05, 0.1) is 6.61 Å². The summed E-state index contributed by atoms with van der Waals surface area (Å²) in [7, 11) is 0. The second-order valence-electron chi connectivity index (χ2n) is 6.65. The first-order valence-electron chi connectivity index (χ1n) is 8.10. The smallest absolute Gasteiger partial charge is 0.191 e. The van der Waals surface area contributed by atoms with Crippen LogP contribution in [0.1, 0.15) is 63.7 Å². The van der Waals surface area contributed by atoms with Crippen molar-refractivity contribution in [3.63, 3.8) is 0 Å². The van der Waals surface area contributed by atoms with E-state index in [0.29, 0.717) is 12.0 Å². The molecule has 2 aliphatic rings. The molecule has 1 aromatic rings. The Kier molecular flexibility index (Phi) is 4.57. The Hall–Kier alpha value is -0.590. The Labute approximate surface area is 130 Å². The first-order valence-corrected chi connectivity index (χ1v) is 9.09. The predicted molar refractivity (Wildman–Crippen MR) is 84.8 cm³/mol. The predicted octanol–water partition coefficient (Wildman–Crippen LogP) is 2.33. The van der Waals surface area contributed by atoms with Gasteiger partial charge in [0.1, 0.15) is 5.82 Å². The monoisotopic (exact) mass is 310 g/mol. The van der Waals surface area contributed by atoms with Crippen molar-refractivity contribution in [3.05, 3.63) is 5.82 Å². The third kappa shape index (κ3) is 3.60. The van der Waals surface area contributed by atoms with Gasteiger partial charge in [-0.3, -0.25) is 0 Å². The molecule has 21 heavy (non-hydrogen) atoms. The molecule has 1 unspecified atom stereocenters. The molecule has 2 fully saturated rings. The summed E-state index contributed by atoms with van der Waals surface area (Å²) < 4.78 is 2.37. The Morgan fingerprint density at radius 2 is 2.10 bits per heavy atom. The number of nitrogens with zero attached hydrogens (tertiary/aromatic N) is 3. The number of hydrogen-bond donors (Lipinski definition) is 2. The number of nitrogens with one attached hydrogen (secondary N) is 1. The molecule has 3 rings (SSSR count). The summed E-state index contributed by atoms with van der Waals surface area (Å²) >= 11 is 1.73. The first kappa shape index (κ1) is 15.3.